The zero-order valence-corrected chi connectivity index (χ0v) is 12.3. The van der Waals surface area contributed by atoms with E-state index in [0.717, 1.165) is 11.3 Å². The number of carbonyl (C=O) groups excluding carboxylic acids is 1. The third kappa shape index (κ3) is 2.63. The minimum absolute atomic E-state index is 0.0566. The molecule has 3 rings (SSSR count). The number of aliphatic hydroxyl groups excluding tert-OH is 1. The predicted molar refractivity (Wildman–Crippen MR) is 75.6 cm³/mol. The van der Waals surface area contributed by atoms with Crippen molar-refractivity contribution in [2.75, 3.05) is 26.4 Å². The van der Waals surface area contributed by atoms with Gasteiger partial charge in [-0.25, -0.2) is 0 Å². The van der Waals surface area contributed by atoms with Crippen LogP contribution in [0.3, 0.4) is 0 Å². The van der Waals surface area contributed by atoms with Gasteiger partial charge >= 0.3 is 5.97 Å². The topological polar surface area (TPSA) is 65.0 Å². The van der Waals surface area contributed by atoms with Gasteiger partial charge in [0.2, 0.25) is 0 Å². The average molecular weight is 292 g/mol. The molecule has 114 valence electrons. The van der Waals surface area contributed by atoms with Crippen molar-refractivity contribution < 1.29 is 24.1 Å². The van der Waals surface area contributed by atoms with Crippen molar-refractivity contribution in [1.29, 1.82) is 0 Å². The highest BCUT2D eigenvalue weighted by Crippen LogP contribution is 2.41. The van der Waals surface area contributed by atoms with E-state index in [1.54, 1.807) is 12.1 Å². The number of ether oxygens (including phenoxy) is 3. The quantitative estimate of drug-likeness (QED) is 0.675. The maximum atomic E-state index is 11.6. The average Bonchev–Trinajstić information content (AvgIpc) is 2.37. The molecule has 2 aliphatic heterocycles. The van der Waals surface area contributed by atoms with Gasteiger partial charge in [-0.2, -0.15) is 0 Å². The van der Waals surface area contributed by atoms with Gasteiger partial charge in [0.25, 0.3) is 0 Å². The van der Waals surface area contributed by atoms with Gasteiger partial charge in [0.15, 0.2) is 0 Å². The summed E-state index contributed by atoms with van der Waals surface area (Å²) in [6.45, 7) is 5.56. The summed E-state index contributed by atoms with van der Waals surface area (Å²) in [5.74, 6) is 1.12. The molecule has 0 bridgehead atoms. The summed E-state index contributed by atoms with van der Waals surface area (Å²) in [5, 5.41) is 9.40. The molecule has 1 fully saturated rings. The Kier molecular flexibility index (Phi) is 3.42. The highest BCUT2D eigenvalue weighted by Gasteiger charge is 2.39. The van der Waals surface area contributed by atoms with E-state index >= 15 is 0 Å². The molecule has 1 aromatic carbocycles. The van der Waals surface area contributed by atoms with Crippen molar-refractivity contribution in [3.05, 3.63) is 23.8 Å². The second kappa shape index (κ2) is 5.00. The third-order valence-corrected chi connectivity index (χ3v) is 4.19. The Labute approximate surface area is 123 Å². The molecule has 5 nitrogen and oxygen atoms in total. The SMILES string of the molecule is CC1(C)CC(=O)Oc2ccc(OCC3(CO)COC3)cc21. The lowest BCUT2D eigenvalue weighted by molar-refractivity contribution is -0.153. The monoisotopic (exact) mass is 292 g/mol. The largest absolute Gasteiger partial charge is 0.493 e. The highest BCUT2D eigenvalue weighted by atomic mass is 16.5. The van der Waals surface area contributed by atoms with Crippen LogP contribution < -0.4 is 9.47 Å². The van der Waals surface area contributed by atoms with Crippen LogP contribution in [0, 0.1) is 5.41 Å². The van der Waals surface area contributed by atoms with Crippen LogP contribution in [0.4, 0.5) is 0 Å². The number of hydrogen-bond acceptors (Lipinski definition) is 5. The Morgan fingerprint density at radius 3 is 2.71 bits per heavy atom. The van der Waals surface area contributed by atoms with E-state index in [1.807, 2.05) is 19.9 Å². The van der Waals surface area contributed by atoms with Gasteiger partial charge in [0, 0.05) is 11.0 Å². The van der Waals surface area contributed by atoms with Crippen LogP contribution in [-0.4, -0.2) is 37.5 Å². The number of carbonyl (C=O) groups is 1. The Balaban J connectivity index is 1.78. The molecule has 0 radical (unpaired) electrons. The fourth-order valence-corrected chi connectivity index (χ4v) is 2.68. The number of rotatable bonds is 4. The van der Waals surface area contributed by atoms with E-state index in [0.29, 0.717) is 32.0 Å². The molecule has 21 heavy (non-hydrogen) atoms. The molecule has 2 heterocycles. The summed E-state index contributed by atoms with van der Waals surface area (Å²) in [4.78, 5) is 11.6. The van der Waals surface area contributed by atoms with Gasteiger partial charge in [-0.05, 0) is 18.2 Å². The predicted octanol–water partition coefficient (Wildman–Crippen LogP) is 1.66. The molecule has 1 aromatic rings. The number of aliphatic hydroxyl groups is 1. The normalized spacial score (nSPS) is 22.0. The number of fused-ring (bicyclic) bond motifs is 1. The summed E-state index contributed by atoms with van der Waals surface area (Å²) >= 11 is 0. The molecule has 5 heteroatoms. The Hall–Kier alpha value is -1.59. The molecule has 0 unspecified atom stereocenters. The van der Waals surface area contributed by atoms with Crippen molar-refractivity contribution in [2.45, 2.75) is 25.7 Å². The van der Waals surface area contributed by atoms with Gasteiger partial charge < -0.3 is 19.3 Å². The third-order valence-electron chi connectivity index (χ3n) is 4.19. The zero-order chi connectivity index (χ0) is 15.1. The summed E-state index contributed by atoms with van der Waals surface area (Å²) < 4.78 is 16.2. The van der Waals surface area contributed by atoms with E-state index in [1.165, 1.54) is 0 Å². The van der Waals surface area contributed by atoms with E-state index in [2.05, 4.69) is 0 Å². The lowest BCUT2D eigenvalue weighted by Gasteiger charge is -2.39. The van der Waals surface area contributed by atoms with E-state index in [4.69, 9.17) is 14.2 Å². The van der Waals surface area contributed by atoms with Gasteiger partial charge in [-0.15, -0.1) is 0 Å². The molecule has 1 N–H and O–H groups in total. The summed E-state index contributed by atoms with van der Waals surface area (Å²) in [7, 11) is 0. The number of esters is 1. The van der Waals surface area contributed by atoms with Gasteiger partial charge in [-0.1, -0.05) is 13.8 Å². The van der Waals surface area contributed by atoms with Crippen LogP contribution >= 0.6 is 0 Å². The summed E-state index contributed by atoms with van der Waals surface area (Å²) in [5.41, 5.74) is 0.429. The fourth-order valence-electron chi connectivity index (χ4n) is 2.68. The maximum Gasteiger partial charge on any atom is 0.312 e. The van der Waals surface area contributed by atoms with Gasteiger partial charge in [-0.3, -0.25) is 4.79 Å². The van der Waals surface area contributed by atoms with Crippen molar-refractivity contribution >= 4 is 5.97 Å². The first-order valence-corrected chi connectivity index (χ1v) is 7.11. The minimum atomic E-state index is -0.280. The number of benzene rings is 1. The first kappa shape index (κ1) is 14.4. The molecular weight excluding hydrogens is 272 g/mol. The molecule has 0 atom stereocenters. The van der Waals surface area contributed by atoms with Crippen LogP contribution in [-0.2, 0) is 14.9 Å². The molecular formula is C16H20O5. The van der Waals surface area contributed by atoms with Crippen molar-refractivity contribution in [2.24, 2.45) is 5.41 Å². The van der Waals surface area contributed by atoms with E-state index in [9.17, 15) is 9.90 Å². The van der Waals surface area contributed by atoms with Crippen molar-refractivity contribution in [3.63, 3.8) is 0 Å². The first-order chi connectivity index (χ1) is 9.94. The van der Waals surface area contributed by atoms with Crippen LogP contribution in [0.15, 0.2) is 18.2 Å². The zero-order valence-electron chi connectivity index (χ0n) is 12.3. The van der Waals surface area contributed by atoms with Crippen LogP contribution in [0.25, 0.3) is 0 Å². The van der Waals surface area contributed by atoms with Gasteiger partial charge in [0.1, 0.15) is 18.1 Å². The number of hydrogen-bond donors (Lipinski definition) is 1. The molecule has 1 saturated heterocycles. The van der Waals surface area contributed by atoms with Crippen molar-refractivity contribution in [3.8, 4) is 11.5 Å². The fraction of sp³-hybridized carbons (Fsp3) is 0.562. The smallest absolute Gasteiger partial charge is 0.312 e. The van der Waals surface area contributed by atoms with Crippen LogP contribution in [0.2, 0.25) is 0 Å². The Morgan fingerprint density at radius 2 is 2.10 bits per heavy atom. The van der Waals surface area contributed by atoms with Gasteiger partial charge in [0.05, 0.1) is 31.7 Å². The van der Waals surface area contributed by atoms with Crippen LogP contribution in [0.1, 0.15) is 25.8 Å². The van der Waals surface area contributed by atoms with Crippen molar-refractivity contribution in [1.82, 2.24) is 0 Å². The summed E-state index contributed by atoms with van der Waals surface area (Å²) in [6, 6.07) is 5.48. The first-order valence-electron chi connectivity index (χ1n) is 7.11. The van der Waals surface area contributed by atoms with E-state index in [-0.39, 0.29) is 23.4 Å². The second-order valence-electron chi connectivity index (χ2n) is 6.63. The second-order valence-corrected chi connectivity index (χ2v) is 6.63. The lowest BCUT2D eigenvalue weighted by atomic mass is 9.79. The standard InChI is InChI=1S/C16H20O5/c1-15(2)6-14(18)21-13-4-3-11(5-12(13)15)20-10-16(7-17)8-19-9-16/h3-5,17H,6-10H2,1-2H3. The maximum absolute atomic E-state index is 11.6. The molecule has 0 amide bonds. The Morgan fingerprint density at radius 1 is 1.33 bits per heavy atom. The Bertz CT molecular complexity index is 554. The molecule has 0 saturated carbocycles. The lowest BCUT2D eigenvalue weighted by Crippen LogP contribution is -2.49. The highest BCUT2D eigenvalue weighted by molar-refractivity contribution is 5.77. The molecule has 0 aliphatic carbocycles. The molecule has 0 aromatic heterocycles. The summed E-state index contributed by atoms with van der Waals surface area (Å²) in [6.07, 6.45) is 0.359. The minimum Gasteiger partial charge on any atom is -0.493 e. The molecule has 0 spiro atoms. The molecule has 2 aliphatic rings. The van der Waals surface area contributed by atoms with E-state index < -0.39 is 0 Å². The van der Waals surface area contributed by atoms with Crippen LogP contribution in [0.5, 0.6) is 11.5 Å².